The van der Waals surface area contributed by atoms with Crippen LogP contribution < -0.4 is 11.2 Å². The van der Waals surface area contributed by atoms with Crippen molar-refractivity contribution in [2.45, 2.75) is 74.7 Å². The summed E-state index contributed by atoms with van der Waals surface area (Å²) in [5.74, 6) is -1.89. The molecule has 1 aliphatic carbocycles. The van der Waals surface area contributed by atoms with Gasteiger partial charge < -0.3 is 15.7 Å². The highest BCUT2D eigenvalue weighted by Crippen LogP contribution is 2.68. The first-order valence-corrected chi connectivity index (χ1v) is 16.8. The van der Waals surface area contributed by atoms with Crippen molar-refractivity contribution in [2.24, 2.45) is 5.41 Å². The van der Waals surface area contributed by atoms with Crippen LogP contribution in [0.4, 0.5) is 10.1 Å². The van der Waals surface area contributed by atoms with Crippen molar-refractivity contribution < 1.29 is 19.1 Å². The van der Waals surface area contributed by atoms with Gasteiger partial charge in [-0.3, -0.25) is 9.69 Å². The van der Waals surface area contributed by atoms with Crippen LogP contribution in [0.25, 0.3) is 0 Å². The SMILES string of the molecule is CC1(C)CCC2(CC1)N1[C@H](c3ccccc3)[C@H](c3ccccc3)OC(=O)[C@H]1[C@H](c1cc(F)cc(Cl)c1)[C@]2(NO)c1ccc(Cl)cc1N. The van der Waals surface area contributed by atoms with E-state index >= 15 is 4.39 Å². The number of hydrogen-bond acceptors (Lipinski definition) is 6. The maximum Gasteiger partial charge on any atom is 0.324 e. The van der Waals surface area contributed by atoms with Gasteiger partial charge >= 0.3 is 5.97 Å². The molecular formula is C38H38Cl2FN3O3. The number of nitrogens with one attached hydrogen (secondary N) is 1. The van der Waals surface area contributed by atoms with E-state index in [4.69, 9.17) is 33.7 Å². The van der Waals surface area contributed by atoms with Crippen LogP contribution in [0.3, 0.4) is 0 Å². The topological polar surface area (TPSA) is 87.8 Å². The number of rotatable bonds is 5. The van der Waals surface area contributed by atoms with Crippen LogP contribution in [-0.2, 0) is 15.1 Å². The summed E-state index contributed by atoms with van der Waals surface area (Å²) >= 11 is 13.0. The summed E-state index contributed by atoms with van der Waals surface area (Å²) in [5.41, 5.74) is 10.5. The number of carbonyl (C=O) groups excluding carboxylic acids is 1. The molecule has 0 unspecified atom stereocenters. The van der Waals surface area contributed by atoms with Crippen molar-refractivity contribution in [3.05, 3.63) is 135 Å². The third-order valence-electron chi connectivity index (χ3n) is 10.9. The molecule has 1 saturated carbocycles. The second-order valence-corrected chi connectivity index (χ2v) is 14.9. The molecule has 2 aliphatic heterocycles. The lowest BCUT2D eigenvalue weighted by Gasteiger charge is -2.58. The van der Waals surface area contributed by atoms with Gasteiger partial charge in [-0.1, -0.05) is 104 Å². The highest BCUT2D eigenvalue weighted by Gasteiger charge is 2.75. The van der Waals surface area contributed by atoms with Gasteiger partial charge in [0.25, 0.3) is 0 Å². The molecule has 5 atom stereocenters. The maximum absolute atomic E-state index is 15.3. The predicted octanol–water partition coefficient (Wildman–Crippen LogP) is 8.74. The summed E-state index contributed by atoms with van der Waals surface area (Å²) in [6.07, 6.45) is 2.14. The van der Waals surface area contributed by atoms with Gasteiger partial charge in [-0.2, -0.15) is 5.48 Å². The standard InChI is InChI=1S/C38H38Cl2FN3O3/c1-36(2)15-17-37(18-16-36)38(43-46,29-14-13-26(39)22-30(29)42)31(25-19-27(40)21-28(41)20-25)33-35(45)47-34(24-11-7-4-8-12-24)32(44(33)37)23-9-5-3-6-10-23/h3-14,19-22,31-34,43,46H,15-18,42H2,1-2H3/t31-,32+,33+,34-,38+/m0/s1. The fourth-order valence-corrected chi connectivity index (χ4v) is 9.26. The van der Waals surface area contributed by atoms with E-state index in [1.807, 2.05) is 66.7 Å². The number of carbonyl (C=O) groups is 1. The van der Waals surface area contributed by atoms with Gasteiger partial charge in [-0.05, 0) is 83.7 Å². The van der Waals surface area contributed by atoms with Crippen molar-refractivity contribution in [1.82, 2.24) is 10.4 Å². The summed E-state index contributed by atoms with van der Waals surface area (Å²) in [5, 5.41) is 12.4. The van der Waals surface area contributed by atoms with Crippen molar-refractivity contribution >= 4 is 34.9 Å². The molecule has 3 fully saturated rings. The monoisotopic (exact) mass is 673 g/mol. The number of hydroxylamine groups is 1. The number of esters is 1. The van der Waals surface area contributed by atoms with Gasteiger partial charge in [0.1, 0.15) is 18.0 Å². The van der Waals surface area contributed by atoms with Crippen LogP contribution in [-0.4, -0.2) is 27.7 Å². The average Bonchev–Trinajstić information content (AvgIpc) is 3.30. The van der Waals surface area contributed by atoms with Gasteiger partial charge in [0, 0.05) is 27.2 Å². The third kappa shape index (κ3) is 5.06. The molecule has 9 heteroatoms. The number of benzene rings is 4. The summed E-state index contributed by atoms with van der Waals surface area (Å²) in [6.45, 7) is 4.49. The minimum Gasteiger partial charge on any atom is -0.454 e. The Hall–Kier alpha value is -3.46. The first kappa shape index (κ1) is 32.1. The number of nitrogen functional groups attached to an aromatic ring is 1. The van der Waals surface area contributed by atoms with E-state index in [1.54, 1.807) is 18.2 Å². The number of nitrogens with two attached hydrogens (primary N) is 1. The number of morpholine rings is 1. The zero-order valence-corrected chi connectivity index (χ0v) is 27.8. The van der Waals surface area contributed by atoms with Crippen LogP contribution in [0.2, 0.25) is 10.0 Å². The molecule has 4 aromatic carbocycles. The van der Waals surface area contributed by atoms with Gasteiger partial charge in [0.2, 0.25) is 0 Å². The van der Waals surface area contributed by atoms with Crippen LogP contribution in [0.5, 0.6) is 0 Å². The van der Waals surface area contributed by atoms with Gasteiger partial charge in [-0.15, -0.1) is 0 Å². The van der Waals surface area contributed by atoms with E-state index in [0.717, 1.165) is 24.0 Å². The Morgan fingerprint density at radius 3 is 2.06 bits per heavy atom. The Bertz CT molecular complexity index is 1780. The molecule has 3 aliphatic rings. The number of cyclic esters (lactones) is 1. The quantitative estimate of drug-likeness (QED) is 0.112. The fraction of sp³-hybridized carbons (Fsp3) is 0.342. The van der Waals surface area contributed by atoms with E-state index in [1.165, 1.54) is 12.1 Å². The fourth-order valence-electron chi connectivity index (χ4n) is 8.85. The zero-order chi connectivity index (χ0) is 33.1. The molecular weight excluding hydrogens is 636 g/mol. The van der Waals surface area contributed by atoms with E-state index in [2.05, 4.69) is 24.2 Å². The minimum absolute atomic E-state index is 0.00506. The van der Waals surface area contributed by atoms with Crippen molar-refractivity contribution in [3.8, 4) is 0 Å². The van der Waals surface area contributed by atoms with E-state index in [-0.39, 0.29) is 10.4 Å². The Balaban J connectivity index is 1.60. The van der Waals surface area contributed by atoms with Crippen LogP contribution in [0.1, 0.15) is 79.8 Å². The Morgan fingerprint density at radius 2 is 1.47 bits per heavy atom. The van der Waals surface area contributed by atoms with Crippen LogP contribution >= 0.6 is 23.2 Å². The van der Waals surface area contributed by atoms with E-state index in [9.17, 15) is 10.0 Å². The molecule has 0 aromatic heterocycles. The maximum atomic E-state index is 15.3. The largest absolute Gasteiger partial charge is 0.454 e. The molecule has 0 amide bonds. The highest BCUT2D eigenvalue weighted by molar-refractivity contribution is 6.31. The summed E-state index contributed by atoms with van der Waals surface area (Å²) in [6, 6.07) is 27.9. The molecule has 244 valence electrons. The molecule has 0 bridgehead atoms. The lowest BCUT2D eigenvalue weighted by atomic mass is 9.57. The second kappa shape index (κ2) is 11.9. The van der Waals surface area contributed by atoms with Crippen molar-refractivity contribution in [3.63, 3.8) is 0 Å². The number of halogens is 3. The molecule has 47 heavy (non-hydrogen) atoms. The molecule has 4 aromatic rings. The molecule has 6 nitrogen and oxygen atoms in total. The highest BCUT2D eigenvalue weighted by atomic mass is 35.5. The summed E-state index contributed by atoms with van der Waals surface area (Å²) in [7, 11) is 0. The molecule has 4 N–H and O–H groups in total. The number of ether oxygens (including phenoxy) is 1. The third-order valence-corrected chi connectivity index (χ3v) is 11.4. The van der Waals surface area contributed by atoms with Gasteiger partial charge in [0.05, 0.1) is 11.6 Å². The Labute approximate surface area is 284 Å². The van der Waals surface area contributed by atoms with Crippen molar-refractivity contribution in [1.29, 1.82) is 0 Å². The number of fused-ring (bicyclic) bond motifs is 2. The number of anilines is 1. The molecule has 2 saturated heterocycles. The van der Waals surface area contributed by atoms with Crippen LogP contribution in [0, 0.1) is 11.2 Å². The lowest BCUT2D eigenvalue weighted by Crippen LogP contribution is -2.66. The van der Waals surface area contributed by atoms with E-state index in [0.29, 0.717) is 34.7 Å². The summed E-state index contributed by atoms with van der Waals surface area (Å²) < 4.78 is 21.8. The average molecular weight is 675 g/mol. The zero-order valence-electron chi connectivity index (χ0n) is 26.3. The van der Waals surface area contributed by atoms with E-state index < -0.39 is 47.0 Å². The van der Waals surface area contributed by atoms with Gasteiger partial charge in [-0.25, -0.2) is 4.39 Å². The first-order chi connectivity index (χ1) is 22.5. The molecule has 7 rings (SSSR count). The molecule has 0 radical (unpaired) electrons. The second-order valence-electron chi connectivity index (χ2n) is 14.0. The smallest absolute Gasteiger partial charge is 0.324 e. The van der Waals surface area contributed by atoms with Crippen LogP contribution in [0.15, 0.2) is 97.1 Å². The van der Waals surface area contributed by atoms with Gasteiger partial charge in [0.15, 0.2) is 0 Å². The van der Waals surface area contributed by atoms with Crippen molar-refractivity contribution in [2.75, 3.05) is 5.73 Å². The number of nitrogens with zero attached hydrogens (tertiary/aromatic N) is 1. The first-order valence-electron chi connectivity index (χ1n) is 16.0. The Morgan fingerprint density at radius 1 is 0.830 bits per heavy atom. The molecule has 1 spiro atoms. The normalized spacial score (nSPS) is 28.2. The molecule has 2 heterocycles. The summed E-state index contributed by atoms with van der Waals surface area (Å²) in [4.78, 5) is 17.0. The minimum atomic E-state index is -1.42. The lowest BCUT2D eigenvalue weighted by molar-refractivity contribution is -0.185. The Kier molecular flexibility index (Phi) is 8.13. The number of hydrogen-bond donors (Lipinski definition) is 3. The predicted molar refractivity (Wildman–Crippen MR) is 182 cm³/mol.